The molecule has 4 heteroatoms. The van der Waals surface area contributed by atoms with E-state index in [4.69, 9.17) is 4.98 Å². The van der Waals surface area contributed by atoms with E-state index in [9.17, 15) is 0 Å². The van der Waals surface area contributed by atoms with Crippen LogP contribution in [-0.4, -0.2) is 27.5 Å². The lowest BCUT2D eigenvalue weighted by Gasteiger charge is -2.27. The van der Waals surface area contributed by atoms with Crippen molar-refractivity contribution in [3.8, 4) is 0 Å². The van der Waals surface area contributed by atoms with Crippen molar-refractivity contribution in [2.75, 3.05) is 13.1 Å². The van der Waals surface area contributed by atoms with Gasteiger partial charge in [-0.15, -0.1) is 12.4 Å². The maximum atomic E-state index is 4.91. The van der Waals surface area contributed by atoms with E-state index in [1.54, 1.807) is 0 Å². The highest BCUT2D eigenvalue weighted by molar-refractivity contribution is 5.85. The molecule has 0 saturated carbocycles. The molecule has 1 atom stereocenters. The highest BCUT2D eigenvalue weighted by Gasteiger charge is 2.22. The minimum Gasteiger partial charge on any atom is -0.327 e. The van der Waals surface area contributed by atoms with Gasteiger partial charge in [0, 0.05) is 6.54 Å². The van der Waals surface area contributed by atoms with Crippen LogP contribution in [0.4, 0.5) is 0 Å². The number of halogens is 1. The molecular weight excluding hydrogens is 282 g/mol. The molecule has 0 N–H and O–H groups in total. The summed E-state index contributed by atoms with van der Waals surface area (Å²) in [6.45, 7) is 7.96. The Morgan fingerprint density at radius 2 is 1.76 bits per heavy atom. The van der Waals surface area contributed by atoms with Crippen molar-refractivity contribution in [1.29, 1.82) is 0 Å². The zero-order valence-corrected chi connectivity index (χ0v) is 13.9. The molecule has 3 nitrogen and oxygen atoms in total. The van der Waals surface area contributed by atoms with E-state index < -0.39 is 0 Å². The SMILES string of the molecule is CCn1c(C(C)N2CCCCCC2)nc2ccccc21.Cl. The summed E-state index contributed by atoms with van der Waals surface area (Å²) < 4.78 is 2.38. The second-order valence-corrected chi connectivity index (χ2v) is 5.83. The van der Waals surface area contributed by atoms with E-state index in [0.29, 0.717) is 6.04 Å². The Bertz CT molecular complexity index is 570. The number of hydrogen-bond acceptors (Lipinski definition) is 2. The summed E-state index contributed by atoms with van der Waals surface area (Å²) in [5, 5.41) is 0. The minimum absolute atomic E-state index is 0. The Kier molecular flexibility index (Phi) is 5.65. The molecule has 1 aliphatic rings. The zero-order valence-electron chi connectivity index (χ0n) is 13.1. The second-order valence-electron chi connectivity index (χ2n) is 5.83. The quantitative estimate of drug-likeness (QED) is 0.837. The number of hydrogen-bond donors (Lipinski definition) is 0. The number of aryl methyl sites for hydroxylation is 1. The van der Waals surface area contributed by atoms with Crippen molar-refractivity contribution < 1.29 is 0 Å². The fourth-order valence-electron chi connectivity index (χ4n) is 3.39. The van der Waals surface area contributed by atoms with Crippen molar-refractivity contribution in [3.05, 3.63) is 30.1 Å². The summed E-state index contributed by atoms with van der Waals surface area (Å²) in [7, 11) is 0. The van der Waals surface area contributed by atoms with Crippen LogP contribution in [0.1, 0.15) is 51.4 Å². The molecule has 0 aliphatic carbocycles. The predicted molar refractivity (Wildman–Crippen MR) is 91.1 cm³/mol. The van der Waals surface area contributed by atoms with Gasteiger partial charge < -0.3 is 4.57 Å². The fourth-order valence-corrected chi connectivity index (χ4v) is 3.39. The van der Waals surface area contributed by atoms with E-state index >= 15 is 0 Å². The van der Waals surface area contributed by atoms with Gasteiger partial charge in [-0.25, -0.2) is 4.98 Å². The first-order valence-electron chi connectivity index (χ1n) is 8.00. The van der Waals surface area contributed by atoms with Crippen LogP contribution in [0.25, 0.3) is 11.0 Å². The minimum atomic E-state index is 0. The lowest BCUT2D eigenvalue weighted by atomic mass is 10.2. The third-order valence-corrected chi connectivity index (χ3v) is 4.56. The molecule has 1 aromatic heterocycles. The molecule has 0 bridgehead atoms. The maximum absolute atomic E-state index is 4.91. The molecule has 1 aliphatic heterocycles. The number of aromatic nitrogens is 2. The highest BCUT2D eigenvalue weighted by Crippen LogP contribution is 2.26. The summed E-state index contributed by atoms with van der Waals surface area (Å²) in [6.07, 6.45) is 5.42. The summed E-state index contributed by atoms with van der Waals surface area (Å²) in [6, 6.07) is 8.91. The number of nitrogens with zero attached hydrogens (tertiary/aromatic N) is 3. The number of fused-ring (bicyclic) bond motifs is 1. The van der Waals surface area contributed by atoms with Crippen LogP contribution in [0.2, 0.25) is 0 Å². The molecule has 0 amide bonds. The largest absolute Gasteiger partial charge is 0.327 e. The normalized spacial score (nSPS) is 18.2. The van der Waals surface area contributed by atoms with Gasteiger partial charge in [-0.1, -0.05) is 25.0 Å². The standard InChI is InChI=1S/C17H25N3.ClH/c1-3-20-16-11-7-6-10-15(16)18-17(20)14(2)19-12-8-4-5-9-13-19;/h6-7,10-11,14H,3-5,8-9,12-13H2,1-2H3;1H. The molecule has 0 spiro atoms. The molecule has 1 unspecified atom stereocenters. The van der Waals surface area contributed by atoms with E-state index in [-0.39, 0.29) is 12.4 Å². The monoisotopic (exact) mass is 307 g/mol. The maximum Gasteiger partial charge on any atom is 0.127 e. The average molecular weight is 308 g/mol. The molecule has 3 rings (SSSR count). The third-order valence-electron chi connectivity index (χ3n) is 4.56. The first kappa shape index (κ1) is 16.3. The summed E-state index contributed by atoms with van der Waals surface area (Å²) >= 11 is 0. The molecule has 2 heterocycles. The van der Waals surface area contributed by atoms with Crippen LogP contribution in [0.3, 0.4) is 0 Å². The van der Waals surface area contributed by atoms with E-state index in [1.807, 2.05) is 0 Å². The van der Waals surface area contributed by atoms with Gasteiger partial charge in [0.15, 0.2) is 0 Å². The molecule has 1 fully saturated rings. The third kappa shape index (κ3) is 3.24. The number of imidazole rings is 1. The predicted octanol–water partition coefficient (Wildman–Crippen LogP) is 4.42. The first-order valence-corrected chi connectivity index (χ1v) is 8.00. The van der Waals surface area contributed by atoms with Gasteiger partial charge in [-0.3, -0.25) is 4.90 Å². The van der Waals surface area contributed by atoms with Crippen molar-refractivity contribution in [2.45, 2.75) is 52.1 Å². The molecule has 21 heavy (non-hydrogen) atoms. The number of rotatable bonds is 3. The summed E-state index contributed by atoms with van der Waals surface area (Å²) in [4.78, 5) is 7.52. The van der Waals surface area contributed by atoms with E-state index in [2.05, 4.69) is 47.6 Å². The summed E-state index contributed by atoms with van der Waals surface area (Å²) in [5.41, 5.74) is 2.40. The van der Waals surface area contributed by atoms with Crippen LogP contribution in [0, 0.1) is 0 Å². The van der Waals surface area contributed by atoms with Crippen LogP contribution >= 0.6 is 12.4 Å². The van der Waals surface area contributed by atoms with Gasteiger partial charge in [0.1, 0.15) is 5.82 Å². The Hall–Kier alpha value is -1.06. The Morgan fingerprint density at radius 1 is 1.10 bits per heavy atom. The topological polar surface area (TPSA) is 21.1 Å². The van der Waals surface area contributed by atoms with Gasteiger partial charge in [0.25, 0.3) is 0 Å². The molecule has 2 aromatic rings. The number of benzene rings is 1. The molecule has 0 radical (unpaired) electrons. The van der Waals surface area contributed by atoms with Crippen LogP contribution < -0.4 is 0 Å². The fraction of sp³-hybridized carbons (Fsp3) is 0.588. The van der Waals surface area contributed by atoms with Crippen molar-refractivity contribution in [3.63, 3.8) is 0 Å². The average Bonchev–Trinajstić information content (AvgIpc) is 2.65. The highest BCUT2D eigenvalue weighted by atomic mass is 35.5. The lowest BCUT2D eigenvalue weighted by Crippen LogP contribution is -2.29. The zero-order chi connectivity index (χ0) is 13.9. The first-order chi connectivity index (χ1) is 9.81. The van der Waals surface area contributed by atoms with E-state index in [0.717, 1.165) is 12.1 Å². The Morgan fingerprint density at radius 3 is 2.43 bits per heavy atom. The van der Waals surface area contributed by atoms with Gasteiger partial charge in [0.2, 0.25) is 0 Å². The van der Waals surface area contributed by atoms with Gasteiger partial charge in [0.05, 0.1) is 17.1 Å². The number of likely N-dealkylation sites (tertiary alicyclic amines) is 1. The Labute approximate surface area is 133 Å². The van der Waals surface area contributed by atoms with Crippen LogP contribution in [0.5, 0.6) is 0 Å². The van der Waals surface area contributed by atoms with Crippen molar-refractivity contribution in [1.82, 2.24) is 14.5 Å². The van der Waals surface area contributed by atoms with Gasteiger partial charge >= 0.3 is 0 Å². The molecular formula is C17H26ClN3. The van der Waals surface area contributed by atoms with E-state index in [1.165, 1.54) is 50.1 Å². The van der Waals surface area contributed by atoms with Crippen LogP contribution in [-0.2, 0) is 6.54 Å². The lowest BCUT2D eigenvalue weighted by molar-refractivity contribution is 0.208. The van der Waals surface area contributed by atoms with Crippen LogP contribution in [0.15, 0.2) is 24.3 Å². The van der Waals surface area contributed by atoms with Gasteiger partial charge in [-0.05, 0) is 51.9 Å². The van der Waals surface area contributed by atoms with Crippen molar-refractivity contribution in [2.24, 2.45) is 0 Å². The summed E-state index contributed by atoms with van der Waals surface area (Å²) in [5.74, 6) is 1.23. The van der Waals surface area contributed by atoms with Gasteiger partial charge in [-0.2, -0.15) is 0 Å². The molecule has 1 saturated heterocycles. The van der Waals surface area contributed by atoms with Crippen molar-refractivity contribution >= 4 is 23.4 Å². The second kappa shape index (κ2) is 7.28. The smallest absolute Gasteiger partial charge is 0.127 e. The number of para-hydroxylation sites is 2. The molecule has 116 valence electrons. The molecule has 1 aromatic carbocycles. The Balaban J connectivity index is 0.00000161.